The smallest absolute Gasteiger partial charge is 0.163 e. The van der Waals surface area contributed by atoms with Crippen LogP contribution in [0.4, 0.5) is 0 Å². The molecule has 0 aliphatic rings. The summed E-state index contributed by atoms with van der Waals surface area (Å²) >= 11 is 3.46. The molecule has 1 aromatic carbocycles. The van der Waals surface area contributed by atoms with Crippen molar-refractivity contribution in [2.75, 3.05) is 0 Å². The zero-order valence-electron chi connectivity index (χ0n) is 8.18. The van der Waals surface area contributed by atoms with E-state index in [4.69, 9.17) is 5.11 Å². The summed E-state index contributed by atoms with van der Waals surface area (Å²) in [7, 11) is 0. The van der Waals surface area contributed by atoms with Crippen molar-refractivity contribution in [2.24, 2.45) is 0 Å². The summed E-state index contributed by atoms with van der Waals surface area (Å²) in [6, 6.07) is 5.93. The Hall–Kier alpha value is -1.20. The Morgan fingerprint density at radius 1 is 1.47 bits per heavy atom. The van der Waals surface area contributed by atoms with E-state index < -0.39 is 0 Å². The standard InChI is InChI=1S/C10H10BrN3O/c1-7-2-3-8(4-9(7)11)14-6-12-13-10(14)5-15/h2-4,6,15H,5H2,1H3. The fourth-order valence-corrected chi connectivity index (χ4v) is 1.68. The minimum absolute atomic E-state index is 0.120. The summed E-state index contributed by atoms with van der Waals surface area (Å²) in [5.41, 5.74) is 2.10. The maximum absolute atomic E-state index is 9.06. The van der Waals surface area contributed by atoms with Crippen molar-refractivity contribution in [3.05, 3.63) is 40.4 Å². The molecule has 0 radical (unpaired) electrons. The molecule has 2 rings (SSSR count). The van der Waals surface area contributed by atoms with Gasteiger partial charge in [0.1, 0.15) is 12.9 Å². The van der Waals surface area contributed by atoms with E-state index in [1.807, 2.05) is 25.1 Å². The van der Waals surface area contributed by atoms with Crippen molar-refractivity contribution < 1.29 is 5.11 Å². The number of benzene rings is 1. The monoisotopic (exact) mass is 267 g/mol. The third-order valence-corrected chi connectivity index (χ3v) is 3.05. The van der Waals surface area contributed by atoms with Gasteiger partial charge in [0.25, 0.3) is 0 Å². The van der Waals surface area contributed by atoms with Gasteiger partial charge >= 0.3 is 0 Å². The third kappa shape index (κ3) is 1.93. The quantitative estimate of drug-likeness (QED) is 0.904. The molecule has 4 nitrogen and oxygen atoms in total. The van der Waals surface area contributed by atoms with Crippen LogP contribution in [0, 0.1) is 6.92 Å². The van der Waals surface area contributed by atoms with E-state index >= 15 is 0 Å². The highest BCUT2D eigenvalue weighted by Crippen LogP contribution is 2.20. The van der Waals surface area contributed by atoms with Crippen LogP contribution in [-0.2, 0) is 6.61 Å². The van der Waals surface area contributed by atoms with Crippen molar-refractivity contribution in [1.82, 2.24) is 14.8 Å². The first-order valence-electron chi connectivity index (χ1n) is 4.48. The molecule has 5 heteroatoms. The Balaban J connectivity index is 2.50. The highest BCUT2D eigenvalue weighted by atomic mass is 79.9. The lowest BCUT2D eigenvalue weighted by Gasteiger charge is -2.06. The van der Waals surface area contributed by atoms with Crippen LogP contribution in [-0.4, -0.2) is 19.9 Å². The van der Waals surface area contributed by atoms with Crippen molar-refractivity contribution in [1.29, 1.82) is 0 Å². The number of hydrogen-bond acceptors (Lipinski definition) is 3. The topological polar surface area (TPSA) is 50.9 Å². The number of aryl methyl sites for hydroxylation is 1. The zero-order chi connectivity index (χ0) is 10.8. The van der Waals surface area contributed by atoms with Gasteiger partial charge in [-0.3, -0.25) is 4.57 Å². The average molecular weight is 268 g/mol. The Kier molecular flexibility index (Phi) is 2.83. The first-order valence-corrected chi connectivity index (χ1v) is 5.28. The van der Waals surface area contributed by atoms with E-state index in [1.165, 1.54) is 0 Å². The molecule has 1 heterocycles. The summed E-state index contributed by atoms with van der Waals surface area (Å²) in [5, 5.41) is 16.6. The fraction of sp³-hybridized carbons (Fsp3) is 0.200. The Morgan fingerprint density at radius 2 is 2.27 bits per heavy atom. The van der Waals surface area contributed by atoms with Gasteiger partial charge in [0.05, 0.1) is 0 Å². The van der Waals surface area contributed by atoms with Gasteiger partial charge in [0.2, 0.25) is 0 Å². The van der Waals surface area contributed by atoms with Crippen LogP contribution < -0.4 is 0 Å². The van der Waals surface area contributed by atoms with Crippen LogP contribution in [0.25, 0.3) is 5.69 Å². The molecule has 0 amide bonds. The van der Waals surface area contributed by atoms with Crippen LogP contribution in [0.1, 0.15) is 11.4 Å². The number of halogens is 1. The second kappa shape index (κ2) is 4.12. The van der Waals surface area contributed by atoms with Crippen LogP contribution in [0.3, 0.4) is 0 Å². The zero-order valence-corrected chi connectivity index (χ0v) is 9.77. The molecule has 1 N–H and O–H groups in total. The molecule has 0 aliphatic carbocycles. The fourth-order valence-electron chi connectivity index (χ4n) is 1.31. The van der Waals surface area contributed by atoms with Gasteiger partial charge in [-0.15, -0.1) is 10.2 Å². The summed E-state index contributed by atoms with van der Waals surface area (Å²) in [4.78, 5) is 0. The summed E-state index contributed by atoms with van der Waals surface area (Å²) in [5.74, 6) is 0.533. The van der Waals surface area contributed by atoms with Gasteiger partial charge in [0, 0.05) is 10.2 Å². The molecule has 0 saturated heterocycles. The van der Waals surface area contributed by atoms with Crippen molar-refractivity contribution in [2.45, 2.75) is 13.5 Å². The lowest BCUT2D eigenvalue weighted by molar-refractivity contribution is 0.269. The van der Waals surface area contributed by atoms with E-state index in [1.54, 1.807) is 10.9 Å². The second-order valence-electron chi connectivity index (χ2n) is 3.21. The van der Waals surface area contributed by atoms with Gasteiger partial charge in [0.15, 0.2) is 5.82 Å². The van der Waals surface area contributed by atoms with Gasteiger partial charge in [-0.25, -0.2) is 0 Å². The maximum Gasteiger partial charge on any atom is 0.163 e. The van der Waals surface area contributed by atoms with Crippen LogP contribution >= 0.6 is 15.9 Å². The lowest BCUT2D eigenvalue weighted by Crippen LogP contribution is -2.00. The van der Waals surface area contributed by atoms with Gasteiger partial charge in [-0.05, 0) is 24.6 Å². The number of aliphatic hydroxyl groups excluding tert-OH is 1. The summed E-state index contributed by atoms with van der Waals surface area (Å²) in [6.07, 6.45) is 1.59. The molecule has 0 fully saturated rings. The molecule has 1 aromatic heterocycles. The normalized spacial score (nSPS) is 10.6. The van der Waals surface area contributed by atoms with E-state index in [-0.39, 0.29) is 6.61 Å². The molecule has 0 atom stereocenters. The molecule has 15 heavy (non-hydrogen) atoms. The SMILES string of the molecule is Cc1ccc(-n2cnnc2CO)cc1Br. The van der Waals surface area contributed by atoms with Crippen molar-refractivity contribution in [3.8, 4) is 5.69 Å². The number of aliphatic hydroxyl groups is 1. The maximum atomic E-state index is 9.06. The number of aromatic nitrogens is 3. The van der Waals surface area contributed by atoms with E-state index in [2.05, 4.69) is 26.1 Å². The average Bonchev–Trinajstić information content (AvgIpc) is 2.70. The minimum Gasteiger partial charge on any atom is -0.388 e. The second-order valence-corrected chi connectivity index (χ2v) is 4.06. The molecule has 0 bridgehead atoms. The van der Waals surface area contributed by atoms with E-state index in [0.29, 0.717) is 5.82 Å². The molecule has 0 unspecified atom stereocenters. The Bertz CT molecular complexity index is 481. The van der Waals surface area contributed by atoms with Gasteiger partial charge in [-0.2, -0.15) is 0 Å². The predicted octanol–water partition coefficient (Wildman–Crippen LogP) is 1.83. The van der Waals surface area contributed by atoms with Gasteiger partial charge < -0.3 is 5.11 Å². The lowest BCUT2D eigenvalue weighted by atomic mass is 10.2. The van der Waals surface area contributed by atoms with Crippen molar-refractivity contribution in [3.63, 3.8) is 0 Å². The highest BCUT2D eigenvalue weighted by Gasteiger charge is 2.05. The molecule has 0 aliphatic heterocycles. The number of nitrogens with zero attached hydrogens (tertiary/aromatic N) is 3. The number of rotatable bonds is 2. The molecular weight excluding hydrogens is 258 g/mol. The molecule has 78 valence electrons. The van der Waals surface area contributed by atoms with Crippen LogP contribution in [0.2, 0.25) is 0 Å². The Morgan fingerprint density at radius 3 is 2.93 bits per heavy atom. The first-order chi connectivity index (χ1) is 7.22. The Labute approximate surface area is 95.7 Å². The first kappa shape index (κ1) is 10.3. The molecule has 0 spiro atoms. The summed E-state index contributed by atoms with van der Waals surface area (Å²) in [6.45, 7) is 1.90. The molecule has 0 saturated carbocycles. The number of hydrogen-bond donors (Lipinski definition) is 1. The van der Waals surface area contributed by atoms with Crippen molar-refractivity contribution >= 4 is 15.9 Å². The van der Waals surface area contributed by atoms with E-state index in [9.17, 15) is 0 Å². The highest BCUT2D eigenvalue weighted by molar-refractivity contribution is 9.10. The predicted molar refractivity (Wildman–Crippen MR) is 59.7 cm³/mol. The van der Waals surface area contributed by atoms with Crippen LogP contribution in [0.15, 0.2) is 29.0 Å². The summed E-state index contributed by atoms with van der Waals surface area (Å²) < 4.78 is 2.78. The largest absolute Gasteiger partial charge is 0.388 e. The van der Waals surface area contributed by atoms with E-state index in [0.717, 1.165) is 15.7 Å². The minimum atomic E-state index is -0.120. The van der Waals surface area contributed by atoms with Crippen LogP contribution in [0.5, 0.6) is 0 Å². The van der Waals surface area contributed by atoms with Gasteiger partial charge in [-0.1, -0.05) is 22.0 Å². The molecule has 2 aromatic rings. The molecular formula is C10H10BrN3O. The third-order valence-electron chi connectivity index (χ3n) is 2.19.